The molecule has 1 aromatic carbocycles. The standard InChI is InChI=1S/C13H17BrFN/c1-9(16-11-3-2-4-11)7-10-5-6-13(15)12(14)8-10/h5-6,8-9,11,16H,2-4,7H2,1H3. The summed E-state index contributed by atoms with van der Waals surface area (Å²) in [5, 5.41) is 3.59. The third-order valence-electron chi connectivity index (χ3n) is 3.15. The zero-order valence-corrected chi connectivity index (χ0v) is 11.1. The van der Waals surface area contributed by atoms with Crippen molar-refractivity contribution in [3.05, 3.63) is 34.1 Å². The Hall–Kier alpha value is -0.410. The second-order valence-corrected chi connectivity index (χ2v) is 5.50. The quantitative estimate of drug-likeness (QED) is 0.890. The number of hydrogen-bond acceptors (Lipinski definition) is 1. The molecule has 1 N–H and O–H groups in total. The van der Waals surface area contributed by atoms with Gasteiger partial charge >= 0.3 is 0 Å². The molecule has 0 aromatic heterocycles. The summed E-state index contributed by atoms with van der Waals surface area (Å²) in [6.07, 6.45) is 4.91. The predicted molar refractivity (Wildman–Crippen MR) is 68.0 cm³/mol. The molecule has 0 aliphatic heterocycles. The van der Waals surface area contributed by atoms with Gasteiger partial charge in [-0.05, 0) is 59.8 Å². The maximum Gasteiger partial charge on any atom is 0.137 e. The minimum Gasteiger partial charge on any atom is -0.311 e. The molecular weight excluding hydrogens is 269 g/mol. The number of nitrogens with one attached hydrogen (secondary N) is 1. The van der Waals surface area contributed by atoms with Crippen LogP contribution in [0.2, 0.25) is 0 Å². The lowest BCUT2D eigenvalue weighted by atomic mass is 9.92. The van der Waals surface area contributed by atoms with Crippen molar-refractivity contribution in [2.75, 3.05) is 0 Å². The van der Waals surface area contributed by atoms with Crippen molar-refractivity contribution < 1.29 is 4.39 Å². The molecule has 1 aliphatic rings. The van der Waals surface area contributed by atoms with Crippen molar-refractivity contribution in [2.45, 2.75) is 44.7 Å². The zero-order chi connectivity index (χ0) is 11.5. The molecule has 2 rings (SSSR count). The highest BCUT2D eigenvalue weighted by molar-refractivity contribution is 9.10. The van der Waals surface area contributed by atoms with Crippen LogP contribution in [0.5, 0.6) is 0 Å². The molecule has 1 aliphatic carbocycles. The van der Waals surface area contributed by atoms with Crippen molar-refractivity contribution in [1.82, 2.24) is 5.32 Å². The van der Waals surface area contributed by atoms with E-state index in [1.54, 1.807) is 0 Å². The Morgan fingerprint density at radius 2 is 2.25 bits per heavy atom. The van der Waals surface area contributed by atoms with Crippen LogP contribution in [0.3, 0.4) is 0 Å². The Balaban J connectivity index is 1.89. The Morgan fingerprint density at radius 1 is 1.50 bits per heavy atom. The van der Waals surface area contributed by atoms with Gasteiger partial charge in [0.15, 0.2) is 0 Å². The second-order valence-electron chi connectivity index (χ2n) is 4.65. The van der Waals surface area contributed by atoms with Gasteiger partial charge in [0.1, 0.15) is 5.82 Å². The molecule has 0 saturated heterocycles. The summed E-state index contributed by atoms with van der Waals surface area (Å²) in [5.41, 5.74) is 1.17. The number of hydrogen-bond donors (Lipinski definition) is 1. The third kappa shape index (κ3) is 3.05. The Bertz CT molecular complexity index is 363. The lowest BCUT2D eigenvalue weighted by Gasteiger charge is -2.30. The minimum absolute atomic E-state index is 0.191. The van der Waals surface area contributed by atoms with Crippen LogP contribution in [-0.2, 0) is 6.42 Å². The van der Waals surface area contributed by atoms with E-state index in [0.717, 1.165) is 6.42 Å². The first-order valence-corrected chi connectivity index (χ1v) is 6.64. The summed E-state index contributed by atoms with van der Waals surface area (Å²) in [5.74, 6) is -0.191. The molecule has 3 heteroatoms. The summed E-state index contributed by atoms with van der Waals surface area (Å²) in [4.78, 5) is 0. The Kier molecular flexibility index (Phi) is 3.98. The van der Waals surface area contributed by atoms with Gasteiger partial charge in [0.25, 0.3) is 0 Å². The average molecular weight is 286 g/mol. The maximum atomic E-state index is 13.0. The smallest absolute Gasteiger partial charge is 0.137 e. The normalized spacial score (nSPS) is 18.2. The number of halogens is 2. The highest BCUT2D eigenvalue weighted by Crippen LogP contribution is 2.20. The largest absolute Gasteiger partial charge is 0.311 e. The topological polar surface area (TPSA) is 12.0 Å². The van der Waals surface area contributed by atoms with Crippen molar-refractivity contribution in [3.8, 4) is 0 Å². The summed E-state index contributed by atoms with van der Waals surface area (Å²) in [6.45, 7) is 2.19. The summed E-state index contributed by atoms with van der Waals surface area (Å²) in [7, 11) is 0. The monoisotopic (exact) mass is 285 g/mol. The van der Waals surface area contributed by atoms with E-state index in [1.807, 2.05) is 12.1 Å². The summed E-state index contributed by atoms with van der Waals surface area (Å²) < 4.78 is 13.6. The van der Waals surface area contributed by atoms with Crippen molar-refractivity contribution in [2.24, 2.45) is 0 Å². The van der Waals surface area contributed by atoms with Crippen LogP contribution in [-0.4, -0.2) is 12.1 Å². The van der Waals surface area contributed by atoms with E-state index in [0.29, 0.717) is 16.6 Å². The molecule has 1 nitrogen and oxygen atoms in total. The summed E-state index contributed by atoms with van der Waals surface area (Å²) >= 11 is 3.22. The van der Waals surface area contributed by atoms with Crippen LogP contribution < -0.4 is 5.32 Å². The van der Waals surface area contributed by atoms with Gasteiger partial charge in [0.05, 0.1) is 4.47 Å². The van der Waals surface area contributed by atoms with Gasteiger partial charge in [-0.25, -0.2) is 4.39 Å². The van der Waals surface area contributed by atoms with Crippen molar-refractivity contribution >= 4 is 15.9 Å². The molecule has 0 spiro atoms. The predicted octanol–water partition coefficient (Wildman–Crippen LogP) is 3.66. The SMILES string of the molecule is CC(Cc1ccc(F)c(Br)c1)NC1CCC1. The number of benzene rings is 1. The van der Waals surface area contributed by atoms with Crippen LogP contribution in [0.1, 0.15) is 31.7 Å². The van der Waals surface area contributed by atoms with Gasteiger partial charge in [-0.2, -0.15) is 0 Å². The first-order chi connectivity index (χ1) is 7.65. The van der Waals surface area contributed by atoms with Gasteiger partial charge < -0.3 is 5.32 Å². The molecule has 0 radical (unpaired) electrons. The molecule has 1 fully saturated rings. The van der Waals surface area contributed by atoms with E-state index in [4.69, 9.17) is 0 Å². The van der Waals surface area contributed by atoms with E-state index in [1.165, 1.54) is 30.9 Å². The lowest BCUT2D eigenvalue weighted by molar-refractivity contribution is 0.310. The summed E-state index contributed by atoms with van der Waals surface area (Å²) in [6, 6.07) is 6.42. The van der Waals surface area contributed by atoms with E-state index in [2.05, 4.69) is 28.2 Å². The van der Waals surface area contributed by atoms with Crippen LogP contribution in [0, 0.1) is 5.82 Å². The fourth-order valence-electron chi connectivity index (χ4n) is 2.06. The molecule has 1 aromatic rings. The molecule has 1 atom stereocenters. The van der Waals surface area contributed by atoms with E-state index < -0.39 is 0 Å². The van der Waals surface area contributed by atoms with Crippen LogP contribution >= 0.6 is 15.9 Å². The minimum atomic E-state index is -0.191. The fraction of sp³-hybridized carbons (Fsp3) is 0.538. The van der Waals surface area contributed by atoms with Crippen molar-refractivity contribution in [3.63, 3.8) is 0 Å². The molecule has 0 heterocycles. The van der Waals surface area contributed by atoms with E-state index >= 15 is 0 Å². The molecule has 1 unspecified atom stereocenters. The Labute approximate surface area is 105 Å². The molecule has 1 saturated carbocycles. The molecule has 88 valence electrons. The number of rotatable bonds is 4. The second kappa shape index (κ2) is 5.28. The third-order valence-corrected chi connectivity index (χ3v) is 3.76. The zero-order valence-electron chi connectivity index (χ0n) is 9.47. The average Bonchev–Trinajstić information content (AvgIpc) is 2.18. The molecular formula is C13H17BrFN. The maximum absolute atomic E-state index is 13.0. The first kappa shape index (κ1) is 12.1. The molecule has 16 heavy (non-hydrogen) atoms. The first-order valence-electron chi connectivity index (χ1n) is 5.85. The van der Waals surface area contributed by atoms with Crippen LogP contribution in [0.25, 0.3) is 0 Å². The van der Waals surface area contributed by atoms with Crippen LogP contribution in [0.15, 0.2) is 22.7 Å². The van der Waals surface area contributed by atoms with Crippen molar-refractivity contribution in [1.29, 1.82) is 0 Å². The highest BCUT2D eigenvalue weighted by Gasteiger charge is 2.19. The Morgan fingerprint density at radius 3 is 2.81 bits per heavy atom. The van der Waals surface area contributed by atoms with Crippen LogP contribution in [0.4, 0.5) is 4.39 Å². The van der Waals surface area contributed by atoms with E-state index in [-0.39, 0.29) is 5.82 Å². The lowest BCUT2D eigenvalue weighted by Crippen LogP contribution is -2.41. The fourth-order valence-corrected chi connectivity index (χ4v) is 2.48. The molecule has 0 amide bonds. The van der Waals surface area contributed by atoms with Gasteiger partial charge in [0.2, 0.25) is 0 Å². The van der Waals surface area contributed by atoms with Gasteiger partial charge in [0, 0.05) is 12.1 Å². The van der Waals surface area contributed by atoms with Gasteiger partial charge in [-0.15, -0.1) is 0 Å². The highest BCUT2D eigenvalue weighted by atomic mass is 79.9. The van der Waals surface area contributed by atoms with E-state index in [9.17, 15) is 4.39 Å². The molecule has 0 bridgehead atoms. The van der Waals surface area contributed by atoms with Gasteiger partial charge in [-0.1, -0.05) is 12.5 Å². The van der Waals surface area contributed by atoms with Gasteiger partial charge in [-0.3, -0.25) is 0 Å².